The smallest absolute Gasteiger partial charge is 0.344 e. The number of hydrogen-bond donors (Lipinski definition) is 2. The molecule has 8 heteroatoms. The summed E-state index contributed by atoms with van der Waals surface area (Å²) in [5.41, 5.74) is 3.11. The second kappa shape index (κ2) is 8.48. The van der Waals surface area contributed by atoms with E-state index in [0.29, 0.717) is 17.1 Å². The van der Waals surface area contributed by atoms with Gasteiger partial charge in [-0.05, 0) is 32.4 Å². The topological polar surface area (TPSA) is 111 Å². The number of hydrogen-bond acceptors (Lipinski definition) is 6. The van der Waals surface area contributed by atoms with Crippen molar-refractivity contribution in [2.24, 2.45) is 0 Å². The number of nitrogens with one attached hydrogen (secondary N) is 2. The van der Waals surface area contributed by atoms with Gasteiger partial charge in [0.25, 0.3) is 5.91 Å². The van der Waals surface area contributed by atoms with Crippen molar-refractivity contribution in [1.82, 2.24) is 10.5 Å². The van der Waals surface area contributed by atoms with Crippen LogP contribution < -0.4 is 10.6 Å². The van der Waals surface area contributed by atoms with Crippen LogP contribution in [0.3, 0.4) is 0 Å². The molecule has 0 aliphatic rings. The monoisotopic (exact) mass is 373 g/mol. The normalized spacial score (nSPS) is 10.6. The van der Waals surface area contributed by atoms with E-state index in [2.05, 4.69) is 15.8 Å². The van der Waals surface area contributed by atoms with E-state index in [9.17, 15) is 14.4 Å². The number of nitrogens with zero attached hydrogens (tertiary/aromatic N) is 1. The van der Waals surface area contributed by atoms with Gasteiger partial charge in [-0.15, -0.1) is 0 Å². The quantitative estimate of drug-likeness (QED) is 0.779. The number of carbonyl (C=O) groups is 3. The van der Waals surface area contributed by atoms with Crippen molar-refractivity contribution in [2.75, 3.05) is 11.9 Å². The summed E-state index contributed by atoms with van der Waals surface area (Å²) < 4.78 is 10.1. The molecule has 0 saturated carbocycles. The highest BCUT2D eigenvalue weighted by molar-refractivity contribution is 6.02. The molecule has 0 aliphatic heterocycles. The first-order valence-corrected chi connectivity index (χ1v) is 8.50. The van der Waals surface area contributed by atoms with E-state index in [-0.39, 0.29) is 11.5 Å². The first-order valence-electron chi connectivity index (χ1n) is 8.50. The van der Waals surface area contributed by atoms with E-state index < -0.39 is 24.5 Å². The van der Waals surface area contributed by atoms with Crippen LogP contribution in [-0.2, 0) is 9.53 Å². The summed E-state index contributed by atoms with van der Waals surface area (Å²) in [6, 6.07) is 4.80. The highest BCUT2D eigenvalue weighted by Gasteiger charge is 2.24. The molecule has 0 aliphatic carbocycles. The fourth-order valence-electron chi connectivity index (χ4n) is 2.50. The van der Waals surface area contributed by atoms with Crippen LogP contribution in [0, 0.1) is 20.8 Å². The lowest BCUT2D eigenvalue weighted by Crippen LogP contribution is -2.37. The highest BCUT2D eigenvalue weighted by atomic mass is 16.5. The van der Waals surface area contributed by atoms with E-state index >= 15 is 0 Å². The predicted molar refractivity (Wildman–Crippen MR) is 98.7 cm³/mol. The van der Waals surface area contributed by atoms with E-state index in [1.54, 1.807) is 13.0 Å². The van der Waals surface area contributed by atoms with E-state index in [4.69, 9.17) is 9.26 Å². The molecule has 27 heavy (non-hydrogen) atoms. The fourth-order valence-corrected chi connectivity index (χ4v) is 2.50. The SMILES string of the molecule is Cc1ccc(NC(=O)NC(=O)COC(=O)c2c(C)noc2C(C)C)c(C)c1. The number of imide groups is 1. The zero-order chi connectivity index (χ0) is 20.1. The average Bonchev–Trinajstić information content (AvgIpc) is 2.97. The summed E-state index contributed by atoms with van der Waals surface area (Å²) in [7, 11) is 0. The first-order chi connectivity index (χ1) is 12.7. The van der Waals surface area contributed by atoms with Gasteiger partial charge in [0.2, 0.25) is 0 Å². The molecular weight excluding hydrogens is 350 g/mol. The standard InChI is InChI=1S/C19H23N3O5/c1-10(2)17-16(13(5)22-27-17)18(24)26-9-15(23)21-19(25)20-14-7-6-11(3)8-12(14)4/h6-8,10H,9H2,1-5H3,(H2,20,21,23,25). The maximum Gasteiger partial charge on any atom is 0.344 e. The molecule has 0 atom stereocenters. The zero-order valence-electron chi connectivity index (χ0n) is 16.0. The van der Waals surface area contributed by atoms with Crippen LogP contribution in [-0.4, -0.2) is 29.7 Å². The van der Waals surface area contributed by atoms with Crippen molar-refractivity contribution in [2.45, 2.75) is 40.5 Å². The maximum atomic E-state index is 12.2. The Morgan fingerprint density at radius 1 is 1.19 bits per heavy atom. The molecule has 144 valence electrons. The van der Waals surface area contributed by atoms with Gasteiger partial charge in [0.05, 0.1) is 5.69 Å². The molecule has 1 heterocycles. The Hall–Kier alpha value is -3.16. The largest absolute Gasteiger partial charge is 0.452 e. The number of anilines is 1. The number of ether oxygens (including phenoxy) is 1. The van der Waals surface area contributed by atoms with Crippen molar-refractivity contribution in [1.29, 1.82) is 0 Å². The third-order valence-electron chi connectivity index (χ3n) is 3.84. The number of aryl methyl sites for hydroxylation is 3. The Labute approximate surface area is 157 Å². The van der Waals surface area contributed by atoms with Crippen molar-refractivity contribution < 1.29 is 23.6 Å². The van der Waals surface area contributed by atoms with Gasteiger partial charge >= 0.3 is 12.0 Å². The number of aromatic nitrogens is 1. The Morgan fingerprint density at radius 2 is 1.89 bits per heavy atom. The summed E-state index contributed by atoms with van der Waals surface area (Å²) in [6.45, 7) is 8.50. The minimum atomic E-state index is -0.745. The second-order valence-corrected chi connectivity index (χ2v) is 6.56. The molecule has 2 N–H and O–H groups in total. The van der Waals surface area contributed by atoms with Gasteiger partial charge in [-0.25, -0.2) is 9.59 Å². The zero-order valence-corrected chi connectivity index (χ0v) is 16.0. The molecule has 2 rings (SSSR count). The van der Waals surface area contributed by atoms with Crippen LogP contribution in [0.1, 0.15) is 52.7 Å². The lowest BCUT2D eigenvalue weighted by atomic mass is 10.1. The van der Waals surface area contributed by atoms with E-state index in [1.807, 2.05) is 39.8 Å². The van der Waals surface area contributed by atoms with Gasteiger partial charge in [0.15, 0.2) is 12.4 Å². The van der Waals surface area contributed by atoms with E-state index in [0.717, 1.165) is 11.1 Å². The van der Waals surface area contributed by atoms with Gasteiger partial charge < -0.3 is 14.6 Å². The third-order valence-corrected chi connectivity index (χ3v) is 3.84. The molecule has 1 aromatic heterocycles. The molecule has 0 fully saturated rings. The van der Waals surface area contributed by atoms with Crippen LogP contribution in [0.4, 0.5) is 10.5 Å². The lowest BCUT2D eigenvalue weighted by molar-refractivity contribution is -0.123. The number of amides is 3. The summed E-state index contributed by atoms with van der Waals surface area (Å²) >= 11 is 0. The van der Waals surface area contributed by atoms with Crippen molar-refractivity contribution in [3.8, 4) is 0 Å². The number of carbonyl (C=O) groups excluding carboxylic acids is 3. The lowest BCUT2D eigenvalue weighted by Gasteiger charge is -2.10. The Balaban J connectivity index is 1.89. The molecular formula is C19H23N3O5. The van der Waals surface area contributed by atoms with Crippen LogP contribution in [0.25, 0.3) is 0 Å². The van der Waals surface area contributed by atoms with E-state index in [1.165, 1.54) is 0 Å². The summed E-state index contributed by atoms with van der Waals surface area (Å²) in [5.74, 6) is -1.13. The minimum absolute atomic E-state index is 0.0638. The Morgan fingerprint density at radius 3 is 2.52 bits per heavy atom. The summed E-state index contributed by atoms with van der Waals surface area (Å²) in [4.78, 5) is 36.0. The van der Waals surface area contributed by atoms with Gasteiger partial charge in [0, 0.05) is 11.6 Å². The molecule has 0 bridgehead atoms. The van der Waals surface area contributed by atoms with Crippen molar-refractivity contribution in [3.63, 3.8) is 0 Å². The average molecular weight is 373 g/mol. The molecule has 0 unspecified atom stereocenters. The van der Waals surface area contributed by atoms with Crippen LogP contribution in [0.2, 0.25) is 0 Å². The number of urea groups is 1. The number of rotatable bonds is 5. The van der Waals surface area contributed by atoms with Crippen molar-refractivity contribution in [3.05, 3.63) is 46.3 Å². The summed E-state index contributed by atoms with van der Waals surface area (Å²) in [5, 5.41) is 8.45. The molecule has 8 nitrogen and oxygen atoms in total. The molecule has 2 aromatic rings. The minimum Gasteiger partial charge on any atom is -0.452 e. The van der Waals surface area contributed by atoms with Gasteiger partial charge in [-0.1, -0.05) is 36.7 Å². The molecule has 3 amide bonds. The Kier molecular flexibility index (Phi) is 6.33. The maximum absolute atomic E-state index is 12.2. The number of benzene rings is 1. The predicted octanol–water partition coefficient (Wildman–Crippen LogP) is 3.23. The van der Waals surface area contributed by atoms with Crippen molar-refractivity contribution >= 4 is 23.6 Å². The summed E-state index contributed by atoms with van der Waals surface area (Å²) in [6.07, 6.45) is 0. The Bertz CT molecular complexity index is 870. The molecule has 0 radical (unpaired) electrons. The van der Waals surface area contributed by atoms with Gasteiger partial charge in [-0.2, -0.15) is 0 Å². The number of esters is 1. The van der Waals surface area contributed by atoms with Crippen LogP contribution in [0.5, 0.6) is 0 Å². The second-order valence-electron chi connectivity index (χ2n) is 6.56. The van der Waals surface area contributed by atoms with Gasteiger partial charge in [0.1, 0.15) is 5.56 Å². The molecule has 0 saturated heterocycles. The van der Waals surface area contributed by atoms with Crippen LogP contribution >= 0.6 is 0 Å². The van der Waals surface area contributed by atoms with Gasteiger partial charge in [-0.3, -0.25) is 10.1 Å². The highest BCUT2D eigenvalue weighted by Crippen LogP contribution is 2.22. The fraction of sp³-hybridized carbons (Fsp3) is 0.368. The molecule has 0 spiro atoms. The third kappa shape index (κ3) is 5.16. The van der Waals surface area contributed by atoms with Crippen LogP contribution in [0.15, 0.2) is 22.7 Å². The molecule has 1 aromatic carbocycles. The first kappa shape index (κ1) is 20.2.